The van der Waals surface area contributed by atoms with Gasteiger partial charge >= 0.3 is 0 Å². The fraction of sp³-hybridized carbons (Fsp3) is 0.0769. The molecule has 16 heavy (non-hydrogen) atoms. The van der Waals surface area contributed by atoms with Gasteiger partial charge in [0, 0.05) is 21.4 Å². The van der Waals surface area contributed by atoms with E-state index in [1.54, 1.807) is 17.8 Å². The molecule has 2 N–H and O–H groups in total. The first-order valence-electron chi connectivity index (χ1n) is 4.97. The fourth-order valence-corrected chi connectivity index (χ4v) is 2.62. The van der Waals surface area contributed by atoms with Gasteiger partial charge in [0.2, 0.25) is 0 Å². The van der Waals surface area contributed by atoms with E-state index in [0.29, 0.717) is 5.69 Å². The van der Waals surface area contributed by atoms with Gasteiger partial charge in [0.25, 0.3) is 0 Å². The standard InChI is InChI=1S/C13H12ClNS/c14-13-8-11(15)7-6-10(13)9-16-12-4-2-1-3-5-12/h1-8H,9,15H2. The van der Waals surface area contributed by atoms with Crippen molar-refractivity contribution in [2.75, 3.05) is 5.73 Å². The Labute approximate surface area is 105 Å². The predicted molar refractivity (Wildman–Crippen MR) is 71.9 cm³/mol. The lowest BCUT2D eigenvalue weighted by molar-refractivity contribution is 1.38. The van der Waals surface area contributed by atoms with Gasteiger partial charge in [-0.1, -0.05) is 35.9 Å². The lowest BCUT2D eigenvalue weighted by Crippen LogP contribution is -1.87. The third-order valence-corrected chi connectivity index (χ3v) is 3.63. The smallest absolute Gasteiger partial charge is 0.0466 e. The Kier molecular flexibility index (Phi) is 3.75. The summed E-state index contributed by atoms with van der Waals surface area (Å²) in [6.45, 7) is 0. The van der Waals surface area contributed by atoms with Gasteiger partial charge in [0.1, 0.15) is 0 Å². The summed E-state index contributed by atoms with van der Waals surface area (Å²) in [5, 5.41) is 0.739. The van der Waals surface area contributed by atoms with E-state index in [4.69, 9.17) is 17.3 Å². The van der Waals surface area contributed by atoms with Crippen molar-refractivity contribution in [1.29, 1.82) is 0 Å². The van der Waals surface area contributed by atoms with Crippen LogP contribution in [0.2, 0.25) is 5.02 Å². The molecule has 0 fully saturated rings. The number of thioether (sulfide) groups is 1. The monoisotopic (exact) mass is 249 g/mol. The fourth-order valence-electron chi connectivity index (χ4n) is 1.36. The van der Waals surface area contributed by atoms with Crippen LogP contribution in [0.25, 0.3) is 0 Å². The highest BCUT2D eigenvalue weighted by atomic mass is 35.5. The van der Waals surface area contributed by atoms with Gasteiger partial charge < -0.3 is 5.73 Å². The molecule has 0 aliphatic heterocycles. The summed E-state index contributed by atoms with van der Waals surface area (Å²) in [5.41, 5.74) is 7.47. The minimum Gasteiger partial charge on any atom is -0.399 e. The SMILES string of the molecule is Nc1ccc(CSc2ccccc2)c(Cl)c1. The highest BCUT2D eigenvalue weighted by molar-refractivity contribution is 7.98. The maximum absolute atomic E-state index is 6.10. The molecule has 0 unspecified atom stereocenters. The Morgan fingerprint density at radius 1 is 1.06 bits per heavy atom. The van der Waals surface area contributed by atoms with Crippen LogP contribution in [0.1, 0.15) is 5.56 Å². The Hall–Kier alpha value is -1.12. The molecule has 0 saturated heterocycles. The molecule has 2 aromatic carbocycles. The average Bonchev–Trinajstić information content (AvgIpc) is 2.29. The summed E-state index contributed by atoms with van der Waals surface area (Å²) in [5.74, 6) is 0.864. The van der Waals surface area contributed by atoms with Crippen molar-refractivity contribution in [3.8, 4) is 0 Å². The number of anilines is 1. The van der Waals surface area contributed by atoms with Crippen molar-refractivity contribution in [2.24, 2.45) is 0 Å². The Bertz CT molecular complexity index is 471. The minimum atomic E-state index is 0.707. The molecule has 0 aromatic heterocycles. The van der Waals surface area contributed by atoms with Crippen LogP contribution >= 0.6 is 23.4 Å². The molecule has 2 aromatic rings. The summed E-state index contributed by atoms with van der Waals surface area (Å²) >= 11 is 7.87. The molecular formula is C13H12ClNS. The molecule has 1 nitrogen and oxygen atoms in total. The van der Waals surface area contributed by atoms with Crippen molar-refractivity contribution in [3.05, 3.63) is 59.1 Å². The van der Waals surface area contributed by atoms with Crippen LogP contribution in [-0.2, 0) is 5.75 Å². The largest absolute Gasteiger partial charge is 0.399 e. The zero-order valence-electron chi connectivity index (χ0n) is 8.69. The number of halogens is 1. The zero-order valence-corrected chi connectivity index (χ0v) is 10.3. The van der Waals surface area contributed by atoms with Gasteiger partial charge in [-0.2, -0.15) is 0 Å². The van der Waals surface area contributed by atoms with Crippen LogP contribution in [-0.4, -0.2) is 0 Å². The summed E-state index contributed by atoms with van der Waals surface area (Å²) in [6.07, 6.45) is 0. The molecule has 0 amide bonds. The third kappa shape index (κ3) is 2.94. The molecule has 0 aliphatic rings. The third-order valence-electron chi connectivity index (χ3n) is 2.21. The maximum atomic E-state index is 6.10. The zero-order chi connectivity index (χ0) is 11.4. The molecule has 0 spiro atoms. The number of hydrogen-bond donors (Lipinski definition) is 1. The Balaban J connectivity index is 2.05. The molecule has 3 heteroatoms. The van der Waals surface area contributed by atoms with Crippen LogP contribution in [0.15, 0.2) is 53.4 Å². The molecule has 0 saturated carbocycles. The van der Waals surface area contributed by atoms with Crippen molar-refractivity contribution in [2.45, 2.75) is 10.6 Å². The molecule has 0 aliphatic carbocycles. The first kappa shape index (κ1) is 11.4. The number of nitrogen functional groups attached to an aromatic ring is 1. The van der Waals surface area contributed by atoms with Crippen molar-refractivity contribution in [3.63, 3.8) is 0 Å². The molecular weight excluding hydrogens is 238 g/mol. The maximum Gasteiger partial charge on any atom is 0.0466 e. The molecule has 0 bridgehead atoms. The minimum absolute atomic E-state index is 0.707. The average molecular weight is 250 g/mol. The van der Waals surface area contributed by atoms with E-state index in [2.05, 4.69) is 12.1 Å². The Morgan fingerprint density at radius 2 is 1.81 bits per heavy atom. The van der Waals surface area contributed by atoms with E-state index in [0.717, 1.165) is 16.3 Å². The van der Waals surface area contributed by atoms with Gasteiger partial charge in [-0.05, 0) is 29.8 Å². The lowest BCUT2D eigenvalue weighted by Gasteiger charge is -2.05. The number of nitrogens with two attached hydrogens (primary N) is 1. The second-order valence-electron chi connectivity index (χ2n) is 3.45. The van der Waals surface area contributed by atoms with Crippen LogP contribution in [0.3, 0.4) is 0 Å². The van der Waals surface area contributed by atoms with Crippen molar-refractivity contribution < 1.29 is 0 Å². The second kappa shape index (κ2) is 5.28. The molecule has 0 heterocycles. The summed E-state index contributed by atoms with van der Waals surface area (Å²) in [4.78, 5) is 1.25. The first-order valence-corrected chi connectivity index (χ1v) is 6.34. The van der Waals surface area contributed by atoms with Gasteiger partial charge in [0.15, 0.2) is 0 Å². The van der Waals surface area contributed by atoms with Gasteiger partial charge in [-0.3, -0.25) is 0 Å². The molecule has 0 radical (unpaired) electrons. The van der Waals surface area contributed by atoms with Gasteiger partial charge in [-0.25, -0.2) is 0 Å². The van der Waals surface area contributed by atoms with Gasteiger partial charge in [0.05, 0.1) is 0 Å². The summed E-state index contributed by atoms with van der Waals surface area (Å²) in [6, 6.07) is 15.9. The molecule has 0 atom stereocenters. The first-order chi connectivity index (χ1) is 7.75. The van der Waals surface area contributed by atoms with Crippen LogP contribution in [0.4, 0.5) is 5.69 Å². The van der Waals surface area contributed by atoms with E-state index in [1.807, 2.05) is 30.3 Å². The number of rotatable bonds is 3. The van der Waals surface area contributed by atoms with E-state index in [-0.39, 0.29) is 0 Å². The highest BCUT2D eigenvalue weighted by Crippen LogP contribution is 2.27. The van der Waals surface area contributed by atoms with E-state index >= 15 is 0 Å². The van der Waals surface area contributed by atoms with Crippen molar-refractivity contribution >= 4 is 29.1 Å². The molecule has 2 rings (SSSR count). The quantitative estimate of drug-likeness (QED) is 0.651. The van der Waals surface area contributed by atoms with Crippen LogP contribution in [0, 0.1) is 0 Å². The second-order valence-corrected chi connectivity index (χ2v) is 4.91. The number of hydrogen-bond acceptors (Lipinski definition) is 2. The summed E-state index contributed by atoms with van der Waals surface area (Å²) in [7, 11) is 0. The van der Waals surface area contributed by atoms with Gasteiger partial charge in [-0.15, -0.1) is 11.8 Å². The highest BCUT2D eigenvalue weighted by Gasteiger charge is 2.01. The lowest BCUT2D eigenvalue weighted by atomic mass is 10.2. The van der Waals surface area contributed by atoms with E-state index in [9.17, 15) is 0 Å². The molecule has 82 valence electrons. The topological polar surface area (TPSA) is 26.0 Å². The summed E-state index contributed by atoms with van der Waals surface area (Å²) < 4.78 is 0. The number of benzene rings is 2. The van der Waals surface area contributed by atoms with Crippen LogP contribution < -0.4 is 5.73 Å². The van der Waals surface area contributed by atoms with E-state index in [1.165, 1.54) is 4.90 Å². The predicted octanol–water partition coefficient (Wildman–Crippen LogP) is 4.21. The normalized spacial score (nSPS) is 10.3. The van der Waals surface area contributed by atoms with E-state index < -0.39 is 0 Å². The van der Waals surface area contributed by atoms with Crippen molar-refractivity contribution in [1.82, 2.24) is 0 Å². The Morgan fingerprint density at radius 3 is 2.50 bits per heavy atom. The van der Waals surface area contributed by atoms with Crippen LogP contribution in [0.5, 0.6) is 0 Å².